The summed E-state index contributed by atoms with van der Waals surface area (Å²) < 4.78 is 37.4. The van der Waals surface area contributed by atoms with Crippen molar-refractivity contribution in [2.24, 2.45) is 0 Å². The molecule has 2 rings (SSSR count). The van der Waals surface area contributed by atoms with E-state index in [2.05, 4.69) is 0 Å². The minimum absolute atomic E-state index is 0.0516. The normalized spacial score (nSPS) is 27.2. The first kappa shape index (κ1) is 11.4. The molecule has 88 valence electrons. The zero-order valence-corrected chi connectivity index (χ0v) is 8.74. The van der Waals surface area contributed by atoms with Gasteiger partial charge in [-0.25, -0.2) is 0 Å². The van der Waals surface area contributed by atoms with Gasteiger partial charge in [-0.1, -0.05) is 30.3 Å². The lowest BCUT2D eigenvalue weighted by Crippen LogP contribution is -2.29. The first-order valence-electron chi connectivity index (χ1n) is 5.00. The summed E-state index contributed by atoms with van der Waals surface area (Å²) in [5, 5.41) is 1.29. The van der Waals surface area contributed by atoms with E-state index in [0.717, 1.165) is 5.56 Å². The second-order valence-electron chi connectivity index (χ2n) is 3.84. The smallest absolute Gasteiger partial charge is 0.286 e. The molecule has 0 spiro atoms. The van der Waals surface area contributed by atoms with Crippen molar-refractivity contribution >= 4 is 0 Å². The summed E-state index contributed by atoms with van der Waals surface area (Å²) in [5.74, 6) is 0. The molecule has 1 saturated heterocycles. The largest absolute Gasteiger partial charge is 0.416 e. The molecule has 0 N–H and O–H groups in total. The molecule has 5 heteroatoms. The topological polar surface area (TPSA) is 12.5 Å². The third-order valence-electron chi connectivity index (χ3n) is 2.72. The fourth-order valence-corrected chi connectivity index (χ4v) is 1.88. The fourth-order valence-electron chi connectivity index (χ4n) is 1.88. The average molecular weight is 231 g/mol. The van der Waals surface area contributed by atoms with Crippen LogP contribution in [0.15, 0.2) is 30.3 Å². The Hall–Kier alpha value is -1.07. The van der Waals surface area contributed by atoms with E-state index >= 15 is 0 Å². The van der Waals surface area contributed by atoms with Gasteiger partial charge >= 0.3 is 6.18 Å². The molecule has 0 aromatic heterocycles. The molecule has 0 radical (unpaired) electrons. The highest BCUT2D eigenvalue weighted by Crippen LogP contribution is 2.39. The van der Waals surface area contributed by atoms with Gasteiger partial charge in [0.1, 0.15) is 0 Å². The Kier molecular flexibility index (Phi) is 2.90. The van der Waals surface area contributed by atoms with Crippen LogP contribution in [0.5, 0.6) is 0 Å². The van der Waals surface area contributed by atoms with Crippen LogP contribution in [0, 0.1) is 0 Å². The molecule has 16 heavy (non-hydrogen) atoms. The van der Waals surface area contributed by atoms with E-state index in [1.807, 2.05) is 30.3 Å². The van der Waals surface area contributed by atoms with Gasteiger partial charge in [0.2, 0.25) is 0 Å². The molecule has 2 nitrogen and oxygen atoms in total. The molecular weight excluding hydrogens is 219 g/mol. The summed E-state index contributed by atoms with van der Waals surface area (Å²) >= 11 is 0. The van der Waals surface area contributed by atoms with Crippen molar-refractivity contribution < 1.29 is 18.0 Å². The molecule has 1 aromatic carbocycles. The van der Waals surface area contributed by atoms with Crippen LogP contribution in [0.25, 0.3) is 0 Å². The van der Waals surface area contributed by atoms with E-state index in [1.165, 1.54) is 12.1 Å². The van der Waals surface area contributed by atoms with Crippen molar-refractivity contribution in [3.05, 3.63) is 35.9 Å². The van der Waals surface area contributed by atoms with Crippen molar-refractivity contribution in [1.29, 1.82) is 0 Å². The first-order valence-corrected chi connectivity index (χ1v) is 5.00. The van der Waals surface area contributed by atoms with Gasteiger partial charge in [-0.15, -0.1) is 0 Å². The van der Waals surface area contributed by atoms with Gasteiger partial charge in [0.25, 0.3) is 0 Å². The molecule has 2 atom stereocenters. The van der Waals surface area contributed by atoms with Crippen LogP contribution in [-0.4, -0.2) is 24.4 Å². The SMILES string of the molecule is CN1O[C@H](C(F)(F)F)C[C@H]1c1ccccc1. The Morgan fingerprint density at radius 3 is 2.38 bits per heavy atom. The van der Waals surface area contributed by atoms with Gasteiger partial charge in [-0.3, -0.25) is 4.84 Å². The van der Waals surface area contributed by atoms with Crippen LogP contribution < -0.4 is 0 Å². The highest BCUT2D eigenvalue weighted by atomic mass is 19.4. The van der Waals surface area contributed by atoms with Crippen LogP contribution in [0.3, 0.4) is 0 Å². The number of rotatable bonds is 1. The Bertz CT molecular complexity index is 352. The lowest BCUT2D eigenvalue weighted by Gasteiger charge is -2.17. The second kappa shape index (κ2) is 4.07. The average Bonchev–Trinajstić information content (AvgIpc) is 2.61. The summed E-state index contributed by atoms with van der Waals surface area (Å²) in [7, 11) is 1.53. The van der Waals surface area contributed by atoms with Gasteiger partial charge in [-0.05, 0) is 5.56 Å². The Balaban J connectivity index is 2.15. The summed E-state index contributed by atoms with van der Waals surface area (Å²) in [6.07, 6.45) is -6.04. The molecule has 0 unspecified atom stereocenters. The zero-order chi connectivity index (χ0) is 11.8. The van der Waals surface area contributed by atoms with Crippen LogP contribution >= 0.6 is 0 Å². The van der Waals surface area contributed by atoms with Crippen molar-refractivity contribution in [3.8, 4) is 0 Å². The van der Waals surface area contributed by atoms with E-state index in [9.17, 15) is 13.2 Å². The third kappa shape index (κ3) is 2.20. The Labute approximate surface area is 91.6 Å². The maximum absolute atomic E-state index is 12.5. The number of hydrogen-bond donors (Lipinski definition) is 0. The van der Waals surface area contributed by atoms with Crippen LogP contribution in [-0.2, 0) is 4.84 Å². The highest BCUT2D eigenvalue weighted by Gasteiger charge is 2.48. The van der Waals surface area contributed by atoms with E-state index in [1.54, 1.807) is 0 Å². The minimum Gasteiger partial charge on any atom is -0.286 e. The molecule has 0 saturated carbocycles. The molecular formula is C11H12F3NO. The quantitative estimate of drug-likeness (QED) is 0.736. The van der Waals surface area contributed by atoms with E-state index in [4.69, 9.17) is 4.84 Å². The molecule has 0 aliphatic carbocycles. The predicted octanol–water partition coefficient (Wildman–Crippen LogP) is 2.93. The van der Waals surface area contributed by atoms with Crippen molar-refractivity contribution in [1.82, 2.24) is 5.06 Å². The van der Waals surface area contributed by atoms with Crippen molar-refractivity contribution in [3.63, 3.8) is 0 Å². The maximum atomic E-state index is 12.5. The van der Waals surface area contributed by atoms with Gasteiger partial charge in [-0.2, -0.15) is 18.2 Å². The Morgan fingerprint density at radius 2 is 1.88 bits per heavy atom. The van der Waals surface area contributed by atoms with Gasteiger partial charge in [0.15, 0.2) is 6.10 Å². The van der Waals surface area contributed by atoms with Crippen LogP contribution in [0.2, 0.25) is 0 Å². The Morgan fingerprint density at radius 1 is 1.25 bits per heavy atom. The van der Waals surface area contributed by atoms with Gasteiger partial charge in [0, 0.05) is 13.5 Å². The van der Waals surface area contributed by atoms with Crippen LogP contribution in [0.1, 0.15) is 18.0 Å². The molecule has 1 aliphatic heterocycles. The summed E-state index contributed by atoms with van der Waals surface area (Å²) in [5.41, 5.74) is 0.844. The molecule has 0 amide bonds. The summed E-state index contributed by atoms with van der Waals surface area (Å²) in [4.78, 5) is 4.80. The molecule has 1 aliphatic rings. The van der Waals surface area contributed by atoms with Crippen molar-refractivity contribution in [2.45, 2.75) is 24.7 Å². The van der Waals surface area contributed by atoms with Crippen LogP contribution in [0.4, 0.5) is 13.2 Å². The third-order valence-corrected chi connectivity index (χ3v) is 2.72. The molecule has 0 bridgehead atoms. The number of halogens is 3. The maximum Gasteiger partial charge on any atom is 0.416 e. The highest BCUT2D eigenvalue weighted by molar-refractivity contribution is 5.19. The monoisotopic (exact) mass is 231 g/mol. The second-order valence-corrected chi connectivity index (χ2v) is 3.84. The van der Waals surface area contributed by atoms with Crippen molar-refractivity contribution in [2.75, 3.05) is 7.05 Å². The van der Waals surface area contributed by atoms with E-state index < -0.39 is 12.3 Å². The van der Waals surface area contributed by atoms with E-state index in [0.29, 0.717) is 0 Å². The lowest BCUT2D eigenvalue weighted by molar-refractivity contribution is -0.261. The summed E-state index contributed by atoms with van der Waals surface area (Å²) in [6, 6.07) is 8.74. The molecule has 1 aromatic rings. The lowest BCUT2D eigenvalue weighted by atomic mass is 10.0. The number of alkyl halides is 3. The van der Waals surface area contributed by atoms with Gasteiger partial charge in [0.05, 0.1) is 6.04 Å². The minimum atomic E-state index is -4.29. The van der Waals surface area contributed by atoms with Gasteiger partial charge < -0.3 is 0 Å². The number of hydrogen-bond acceptors (Lipinski definition) is 2. The number of nitrogens with zero attached hydrogens (tertiary/aromatic N) is 1. The number of hydroxylamine groups is 2. The number of benzene rings is 1. The zero-order valence-electron chi connectivity index (χ0n) is 8.74. The molecule has 1 fully saturated rings. The first-order chi connectivity index (χ1) is 7.48. The standard InChI is InChI=1S/C11H12F3NO/c1-15-9(8-5-3-2-4-6-8)7-10(16-15)11(12,13)14/h2-6,9-10H,7H2,1H3/t9-,10-/m0/s1. The molecule has 1 heterocycles. The van der Waals surface area contributed by atoms with E-state index in [-0.39, 0.29) is 12.5 Å². The predicted molar refractivity (Wildman–Crippen MR) is 52.5 cm³/mol. The summed E-state index contributed by atoms with van der Waals surface area (Å²) in [6.45, 7) is 0. The fraction of sp³-hybridized carbons (Fsp3) is 0.455.